The highest BCUT2D eigenvalue weighted by molar-refractivity contribution is 5.96. The number of carbonyl (C=O) groups excluding carboxylic acids is 1. The lowest BCUT2D eigenvalue weighted by atomic mass is 10.3. The smallest absolute Gasteiger partial charge is 0.274 e. The Morgan fingerprint density at radius 1 is 1.44 bits per heavy atom. The molecule has 0 saturated heterocycles. The molecule has 0 spiro atoms. The summed E-state index contributed by atoms with van der Waals surface area (Å²) in [6, 6.07) is 3.70. The minimum atomic E-state index is -0.0562. The molecule has 0 N–H and O–H groups in total. The van der Waals surface area contributed by atoms with Gasteiger partial charge in [0.1, 0.15) is 0 Å². The Bertz CT molecular complexity index is 561. The lowest BCUT2D eigenvalue weighted by Gasteiger charge is -2.12. The van der Waals surface area contributed by atoms with Crippen LogP contribution in [-0.4, -0.2) is 32.4 Å². The van der Waals surface area contributed by atoms with Crippen LogP contribution in [0.4, 0.5) is 0 Å². The van der Waals surface area contributed by atoms with Crippen molar-refractivity contribution in [2.24, 2.45) is 0 Å². The van der Waals surface area contributed by atoms with Gasteiger partial charge in [-0.15, -0.1) is 0 Å². The Hall–Kier alpha value is -2.17. The van der Waals surface area contributed by atoms with Crippen molar-refractivity contribution in [3.63, 3.8) is 0 Å². The van der Waals surface area contributed by atoms with Gasteiger partial charge in [0, 0.05) is 13.2 Å². The third-order valence-electron chi connectivity index (χ3n) is 2.71. The van der Waals surface area contributed by atoms with Crippen LogP contribution in [0, 0.1) is 0 Å². The zero-order chi connectivity index (χ0) is 11.1. The number of aromatic nitrogens is 3. The lowest BCUT2D eigenvalue weighted by molar-refractivity contribution is 0.0782. The molecule has 3 rings (SSSR count). The summed E-state index contributed by atoms with van der Waals surface area (Å²) in [5.41, 5.74) is 2.26. The number of carbonyl (C=O) groups is 1. The van der Waals surface area contributed by atoms with Gasteiger partial charge < -0.3 is 4.90 Å². The summed E-state index contributed by atoms with van der Waals surface area (Å²) in [4.78, 5) is 21.9. The molecule has 16 heavy (non-hydrogen) atoms. The molecule has 5 heteroatoms. The number of hydrogen-bond acceptors (Lipinski definition) is 3. The van der Waals surface area contributed by atoms with E-state index in [1.807, 2.05) is 16.7 Å². The maximum atomic E-state index is 12.0. The number of fused-ring (bicyclic) bond motifs is 3. The molecule has 0 aliphatic carbocycles. The van der Waals surface area contributed by atoms with Crippen molar-refractivity contribution in [2.45, 2.75) is 6.54 Å². The molecule has 0 aromatic carbocycles. The van der Waals surface area contributed by atoms with Gasteiger partial charge >= 0.3 is 0 Å². The molecule has 0 bridgehead atoms. The van der Waals surface area contributed by atoms with Gasteiger partial charge in [-0.1, -0.05) is 0 Å². The maximum Gasteiger partial charge on any atom is 0.274 e. The topological polar surface area (TPSA) is 51.0 Å². The summed E-state index contributed by atoms with van der Waals surface area (Å²) in [5, 5.41) is 0. The van der Waals surface area contributed by atoms with Crippen LogP contribution >= 0.6 is 0 Å². The quantitative estimate of drug-likeness (QED) is 0.653. The molecule has 0 saturated carbocycles. The zero-order valence-electron chi connectivity index (χ0n) is 8.79. The van der Waals surface area contributed by atoms with E-state index < -0.39 is 0 Å². The molecule has 1 aliphatic rings. The molecule has 0 radical (unpaired) electrons. The van der Waals surface area contributed by atoms with Gasteiger partial charge in [0.2, 0.25) is 0 Å². The Morgan fingerprint density at radius 2 is 2.31 bits per heavy atom. The van der Waals surface area contributed by atoms with E-state index in [4.69, 9.17) is 0 Å². The predicted molar refractivity (Wildman–Crippen MR) is 57.2 cm³/mol. The third kappa shape index (κ3) is 1.14. The van der Waals surface area contributed by atoms with E-state index in [2.05, 4.69) is 9.97 Å². The first kappa shape index (κ1) is 9.08. The first-order valence-corrected chi connectivity index (χ1v) is 4.99. The minimum Gasteiger partial charge on any atom is -0.334 e. The summed E-state index contributed by atoms with van der Waals surface area (Å²) in [5.74, 6) is -0.0562. The Labute approximate surface area is 92.4 Å². The van der Waals surface area contributed by atoms with E-state index in [-0.39, 0.29) is 5.91 Å². The SMILES string of the molecule is CN1Cc2cncn2-c2cccnc2C1=O. The molecule has 3 heterocycles. The van der Waals surface area contributed by atoms with Crippen molar-refractivity contribution in [3.05, 3.63) is 42.2 Å². The molecule has 0 fully saturated rings. The summed E-state index contributed by atoms with van der Waals surface area (Å²) in [6.07, 6.45) is 5.11. The summed E-state index contributed by atoms with van der Waals surface area (Å²) in [7, 11) is 1.77. The highest BCUT2D eigenvalue weighted by Crippen LogP contribution is 2.21. The van der Waals surface area contributed by atoms with Gasteiger partial charge in [-0.3, -0.25) is 9.36 Å². The van der Waals surface area contributed by atoms with Crippen molar-refractivity contribution in [2.75, 3.05) is 7.05 Å². The molecule has 0 unspecified atom stereocenters. The van der Waals surface area contributed by atoms with Crippen molar-refractivity contribution in [1.29, 1.82) is 0 Å². The van der Waals surface area contributed by atoms with E-state index >= 15 is 0 Å². The van der Waals surface area contributed by atoms with Crippen LogP contribution in [-0.2, 0) is 6.54 Å². The van der Waals surface area contributed by atoms with Gasteiger partial charge in [-0.05, 0) is 12.1 Å². The number of amides is 1. The average molecular weight is 214 g/mol. The average Bonchev–Trinajstić information content (AvgIpc) is 2.72. The number of imidazole rings is 1. The highest BCUT2D eigenvalue weighted by Gasteiger charge is 2.24. The lowest BCUT2D eigenvalue weighted by Crippen LogP contribution is -2.25. The summed E-state index contributed by atoms with van der Waals surface area (Å²) < 4.78 is 1.91. The third-order valence-corrected chi connectivity index (χ3v) is 2.71. The summed E-state index contributed by atoms with van der Waals surface area (Å²) in [6.45, 7) is 0.551. The van der Waals surface area contributed by atoms with Crippen molar-refractivity contribution in [1.82, 2.24) is 19.4 Å². The second-order valence-corrected chi connectivity index (χ2v) is 3.79. The Kier molecular flexibility index (Phi) is 1.80. The zero-order valence-corrected chi connectivity index (χ0v) is 8.79. The Balaban J connectivity index is 2.32. The van der Waals surface area contributed by atoms with Crippen LogP contribution in [0.2, 0.25) is 0 Å². The predicted octanol–water partition coefficient (Wildman–Crippen LogP) is 0.853. The normalized spacial score (nSPS) is 14.3. The molecule has 2 aromatic heterocycles. The van der Waals surface area contributed by atoms with E-state index in [1.165, 1.54) is 0 Å². The molecule has 2 aromatic rings. The molecule has 1 aliphatic heterocycles. The molecule has 1 amide bonds. The van der Waals surface area contributed by atoms with Gasteiger partial charge in [0.25, 0.3) is 5.91 Å². The molecular weight excluding hydrogens is 204 g/mol. The fourth-order valence-corrected chi connectivity index (χ4v) is 1.91. The summed E-state index contributed by atoms with van der Waals surface area (Å²) >= 11 is 0. The van der Waals surface area contributed by atoms with Crippen LogP contribution in [0.5, 0.6) is 0 Å². The van der Waals surface area contributed by atoms with Crippen LogP contribution in [0.1, 0.15) is 16.2 Å². The van der Waals surface area contributed by atoms with E-state index in [0.29, 0.717) is 12.2 Å². The standard InChI is InChI=1S/C11H10N4O/c1-14-6-8-5-12-7-15(8)9-3-2-4-13-10(9)11(14)16/h2-5,7H,6H2,1H3. The highest BCUT2D eigenvalue weighted by atomic mass is 16.2. The monoisotopic (exact) mass is 214 g/mol. The van der Waals surface area contributed by atoms with Gasteiger partial charge in [-0.25, -0.2) is 9.97 Å². The van der Waals surface area contributed by atoms with Crippen LogP contribution in [0.25, 0.3) is 5.69 Å². The largest absolute Gasteiger partial charge is 0.334 e. The van der Waals surface area contributed by atoms with Crippen LogP contribution in [0.3, 0.4) is 0 Å². The van der Waals surface area contributed by atoms with Crippen molar-refractivity contribution >= 4 is 5.91 Å². The number of rotatable bonds is 0. The van der Waals surface area contributed by atoms with Gasteiger partial charge in [0.05, 0.1) is 30.5 Å². The molecule has 5 nitrogen and oxygen atoms in total. The van der Waals surface area contributed by atoms with E-state index in [0.717, 1.165) is 11.4 Å². The first-order chi connectivity index (χ1) is 7.77. The fraction of sp³-hybridized carbons (Fsp3) is 0.182. The number of pyridine rings is 1. The van der Waals surface area contributed by atoms with Gasteiger partial charge in [0.15, 0.2) is 5.69 Å². The van der Waals surface area contributed by atoms with Crippen molar-refractivity contribution in [3.8, 4) is 5.69 Å². The number of nitrogens with zero attached hydrogens (tertiary/aromatic N) is 4. The maximum absolute atomic E-state index is 12.0. The van der Waals surface area contributed by atoms with E-state index in [1.54, 1.807) is 30.7 Å². The van der Waals surface area contributed by atoms with Crippen molar-refractivity contribution < 1.29 is 4.79 Å². The van der Waals surface area contributed by atoms with Crippen LogP contribution in [0.15, 0.2) is 30.9 Å². The molecule has 0 atom stereocenters. The fourth-order valence-electron chi connectivity index (χ4n) is 1.91. The van der Waals surface area contributed by atoms with Gasteiger partial charge in [-0.2, -0.15) is 0 Å². The van der Waals surface area contributed by atoms with E-state index in [9.17, 15) is 4.79 Å². The molecule has 80 valence electrons. The Morgan fingerprint density at radius 3 is 3.19 bits per heavy atom. The first-order valence-electron chi connectivity index (χ1n) is 4.99. The van der Waals surface area contributed by atoms with Crippen LogP contribution < -0.4 is 0 Å². The number of hydrogen-bond donors (Lipinski definition) is 0. The molecular formula is C11H10N4O. The second kappa shape index (κ2) is 3.16. The second-order valence-electron chi connectivity index (χ2n) is 3.79. The minimum absolute atomic E-state index is 0.0562.